The van der Waals surface area contributed by atoms with E-state index < -0.39 is 18.0 Å². The standard InChI is InChI=1S/C11H12FNO3S/c12-7-2-1-6(3-10(7)17)11(16)13-4-8(14)9(15)5-13/h1-3,8-9,14-15,17H,4-5H2. The van der Waals surface area contributed by atoms with Gasteiger partial charge in [0.15, 0.2) is 0 Å². The number of aliphatic hydroxyl groups is 2. The molecule has 1 aromatic carbocycles. The number of hydrogen-bond donors (Lipinski definition) is 3. The Kier molecular flexibility index (Phi) is 3.37. The minimum Gasteiger partial charge on any atom is -0.388 e. The molecule has 0 aromatic heterocycles. The third kappa shape index (κ3) is 2.43. The Labute approximate surface area is 103 Å². The van der Waals surface area contributed by atoms with Gasteiger partial charge in [-0.05, 0) is 18.2 Å². The summed E-state index contributed by atoms with van der Waals surface area (Å²) in [6, 6.07) is 3.85. The molecule has 1 saturated heterocycles. The second kappa shape index (κ2) is 4.64. The fourth-order valence-electron chi connectivity index (χ4n) is 1.76. The van der Waals surface area contributed by atoms with E-state index in [9.17, 15) is 19.4 Å². The molecule has 1 heterocycles. The van der Waals surface area contributed by atoms with Crippen LogP contribution in [0, 0.1) is 5.82 Å². The number of β-amino-alcohol motifs (C(OH)–C–C–N with tert-alkyl or cyclic N) is 2. The van der Waals surface area contributed by atoms with Crippen LogP contribution in [0.15, 0.2) is 23.1 Å². The zero-order valence-corrected chi connectivity index (χ0v) is 9.77. The molecule has 2 rings (SSSR count). The minimum absolute atomic E-state index is 0.0826. The summed E-state index contributed by atoms with van der Waals surface area (Å²) in [5.41, 5.74) is 0.290. The predicted molar refractivity (Wildman–Crippen MR) is 61.6 cm³/mol. The zero-order chi connectivity index (χ0) is 12.6. The number of halogens is 1. The highest BCUT2D eigenvalue weighted by Gasteiger charge is 2.32. The molecule has 2 atom stereocenters. The average molecular weight is 257 g/mol. The van der Waals surface area contributed by atoms with Crippen LogP contribution >= 0.6 is 12.6 Å². The Balaban J connectivity index is 2.17. The molecule has 0 spiro atoms. The summed E-state index contributed by atoms with van der Waals surface area (Å²) >= 11 is 3.90. The molecule has 2 unspecified atom stereocenters. The van der Waals surface area contributed by atoms with Crippen LogP contribution in [0.25, 0.3) is 0 Å². The minimum atomic E-state index is -0.921. The van der Waals surface area contributed by atoms with E-state index in [0.29, 0.717) is 0 Å². The quantitative estimate of drug-likeness (QED) is 0.634. The lowest BCUT2D eigenvalue weighted by atomic mass is 10.2. The number of nitrogens with zero attached hydrogens (tertiary/aromatic N) is 1. The van der Waals surface area contributed by atoms with Crippen molar-refractivity contribution in [2.75, 3.05) is 13.1 Å². The van der Waals surface area contributed by atoms with Crippen LogP contribution in [-0.2, 0) is 0 Å². The lowest BCUT2D eigenvalue weighted by Crippen LogP contribution is -2.29. The maximum absolute atomic E-state index is 13.0. The second-order valence-electron chi connectivity index (χ2n) is 4.01. The fourth-order valence-corrected chi connectivity index (χ4v) is 1.98. The van der Waals surface area contributed by atoms with Crippen molar-refractivity contribution >= 4 is 18.5 Å². The molecular weight excluding hydrogens is 245 g/mol. The van der Waals surface area contributed by atoms with Gasteiger partial charge in [0.2, 0.25) is 0 Å². The van der Waals surface area contributed by atoms with E-state index in [1.165, 1.54) is 23.1 Å². The number of thiol groups is 1. The maximum atomic E-state index is 13.0. The molecule has 0 radical (unpaired) electrons. The van der Waals surface area contributed by atoms with Crippen LogP contribution in [0.5, 0.6) is 0 Å². The molecule has 6 heteroatoms. The molecule has 1 aliphatic rings. The van der Waals surface area contributed by atoms with Gasteiger partial charge in [0, 0.05) is 23.5 Å². The zero-order valence-electron chi connectivity index (χ0n) is 8.88. The van der Waals surface area contributed by atoms with Crippen molar-refractivity contribution < 1.29 is 19.4 Å². The van der Waals surface area contributed by atoms with Gasteiger partial charge in [-0.3, -0.25) is 4.79 Å². The number of carbonyl (C=O) groups is 1. The third-order valence-corrected chi connectivity index (χ3v) is 3.08. The van der Waals surface area contributed by atoms with E-state index in [1.54, 1.807) is 0 Å². The van der Waals surface area contributed by atoms with Gasteiger partial charge in [-0.1, -0.05) is 0 Å². The summed E-state index contributed by atoms with van der Waals surface area (Å²) in [5, 5.41) is 18.7. The summed E-state index contributed by atoms with van der Waals surface area (Å²) in [5.74, 6) is -0.845. The number of hydrogen-bond acceptors (Lipinski definition) is 4. The van der Waals surface area contributed by atoms with Gasteiger partial charge in [-0.25, -0.2) is 4.39 Å². The maximum Gasteiger partial charge on any atom is 0.254 e. The molecule has 1 fully saturated rings. The first-order valence-electron chi connectivity index (χ1n) is 5.13. The smallest absolute Gasteiger partial charge is 0.254 e. The van der Waals surface area contributed by atoms with E-state index in [0.717, 1.165) is 0 Å². The molecule has 4 nitrogen and oxygen atoms in total. The van der Waals surface area contributed by atoms with Gasteiger partial charge < -0.3 is 15.1 Å². The van der Waals surface area contributed by atoms with Crippen LogP contribution in [0.4, 0.5) is 4.39 Å². The highest BCUT2D eigenvalue weighted by molar-refractivity contribution is 7.80. The number of amides is 1. The van der Waals surface area contributed by atoms with Crippen LogP contribution < -0.4 is 0 Å². The van der Waals surface area contributed by atoms with Crippen molar-refractivity contribution in [1.82, 2.24) is 4.90 Å². The Morgan fingerprint density at radius 2 is 1.94 bits per heavy atom. The molecular formula is C11H12FNO3S. The summed E-state index contributed by atoms with van der Waals surface area (Å²) in [4.78, 5) is 13.4. The highest BCUT2D eigenvalue weighted by Crippen LogP contribution is 2.18. The first kappa shape index (κ1) is 12.3. The Morgan fingerprint density at radius 3 is 2.47 bits per heavy atom. The summed E-state index contributed by atoms with van der Waals surface area (Å²) in [7, 11) is 0. The van der Waals surface area contributed by atoms with E-state index in [2.05, 4.69) is 12.6 Å². The van der Waals surface area contributed by atoms with Crippen LogP contribution in [-0.4, -0.2) is 46.3 Å². The SMILES string of the molecule is O=C(c1ccc(F)c(S)c1)N1CC(O)C(O)C1. The van der Waals surface area contributed by atoms with E-state index in [4.69, 9.17) is 0 Å². The number of likely N-dealkylation sites (tertiary alicyclic amines) is 1. The number of benzene rings is 1. The average Bonchev–Trinajstić information content (AvgIpc) is 2.62. The molecule has 0 aliphatic carbocycles. The van der Waals surface area contributed by atoms with Gasteiger partial charge in [-0.15, -0.1) is 12.6 Å². The third-order valence-electron chi connectivity index (χ3n) is 2.74. The predicted octanol–water partition coefficient (Wildman–Crippen LogP) is 0.292. The first-order chi connectivity index (χ1) is 7.99. The summed E-state index contributed by atoms with van der Waals surface area (Å²) < 4.78 is 13.0. The van der Waals surface area contributed by atoms with Crippen molar-refractivity contribution in [1.29, 1.82) is 0 Å². The lowest BCUT2D eigenvalue weighted by Gasteiger charge is -2.15. The number of aliphatic hydroxyl groups excluding tert-OH is 2. The van der Waals surface area contributed by atoms with Gasteiger partial charge >= 0.3 is 0 Å². The van der Waals surface area contributed by atoms with Gasteiger partial charge in [0.1, 0.15) is 5.82 Å². The molecule has 0 saturated carbocycles. The molecule has 17 heavy (non-hydrogen) atoms. The van der Waals surface area contributed by atoms with Crippen molar-refractivity contribution in [3.05, 3.63) is 29.6 Å². The Bertz CT molecular complexity index is 444. The highest BCUT2D eigenvalue weighted by atomic mass is 32.1. The number of rotatable bonds is 1. The summed E-state index contributed by atoms with van der Waals surface area (Å²) in [6.07, 6.45) is -1.84. The topological polar surface area (TPSA) is 60.8 Å². The molecule has 1 aromatic rings. The fraction of sp³-hybridized carbons (Fsp3) is 0.364. The van der Waals surface area contributed by atoms with Crippen LogP contribution in [0.2, 0.25) is 0 Å². The van der Waals surface area contributed by atoms with E-state index in [1.807, 2.05) is 0 Å². The van der Waals surface area contributed by atoms with Gasteiger partial charge in [0.25, 0.3) is 5.91 Å². The largest absolute Gasteiger partial charge is 0.388 e. The lowest BCUT2D eigenvalue weighted by molar-refractivity contribution is 0.0572. The molecule has 92 valence electrons. The molecule has 0 bridgehead atoms. The molecule has 2 N–H and O–H groups in total. The van der Waals surface area contributed by atoms with Gasteiger partial charge in [0.05, 0.1) is 12.2 Å². The molecule has 1 aliphatic heterocycles. The Hall–Kier alpha value is -1.11. The van der Waals surface area contributed by atoms with Crippen molar-refractivity contribution in [2.45, 2.75) is 17.1 Å². The van der Waals surface area contributed by atoms with Gasteiger partial charge in [-0.2, -0.15) is 0 Å². The second-order valence-corrected chi connectivity index (χ2v) is 4.49. The van der Waals surface area contributed by atoms with Crippen molar-refractivity contribution in [2.24, 2.45) is 0 Å². The van der Waals surface area contributed by atoms with Crippen LogP contribution in [0.1, 0.15) is 10.4 Å². The van der Waals surface area contributed by atoms with E-state index in [-0.39, 0.29) is 29.5 Å². The molecule has 1 amide bonds. The van der Waals surface area contributed by atoms with E-state index >= 15 is 0 Å². The van der Waals surface area contributed by atoms with Crippen LogP contribution in [0.3, 0.4) is 0 Å². The Morgan fingerprint density at radius 1 is 1.35 bits per heavy atom. The monoisotopic (exact) mass is 257 g/mol. The number of carbonyl (C=O) groups excluding carboxylic acids is 1. The summed E-state index contributed by atoms with van der Waals surface area (Å²) in [6.45, 7) is 0.165. The van der Waals surface area contributed by atoms with Crippen molar-refractivity contribution in [3.63, 3.8) is 0 Å². The normalized spacial score (nSPS) is 24.1. The first-order valence-corrected chi connectivity index (χ1v) is 5.57. The van der Waals surface area contributed by atoms with Crippen molar-refractivity contribution in [3.8, 4) is 0 Å².